The number of nitrogens with one attached hydrogen (secondary N) is 1. The van der Waals surface area contributed by atoms with Crippen LogP contribution in [0.15, 0.2) is 76.9 Å². The van der Waals surface area contributed by atoms with Gasteiger partial charge in [0.25, 0.3) is 5.69 Å². The zero-order valence-electron chi connectivity index (χ0n) is 15.4. The molecule has 0 unspecified atom stereocenters. The number of hydrazone groups is 1. The van der Waals surface area contributed by atoms with Crippen LogP contribution in [0, 0.1) is 10.1 Å². The van der Waals surface area contributed by atoms with Crippen LogP contribution in [-0.4, -0.2) is 27.8 Å². The largest absolute Gasteiger partial charge is 0.439 e. The lowest BCUT2D eigenvalue weighted by Crippen LogP contribution is -2.19. The highest BCUT2D eigenvalue weighted by atomic mass is 35.5. The van der Waals surface area contributed by atoms with Gasteiger partial charge in [-0.2, -0.15) is 5.10 Å². The maximum absolute atomic E-state index is 11.9. The Labute approximate surface area is 181 Å². The zero-order valence-corrected chi connectivity index (χ0v) is 17.0. The minimum absolute atomic E-state index is 0.109. The molecule has 0 aliphatic heterocycles. The third kappa shape index (κ3) is 6.57. The second-order valence-electron chi connectivity index (χ2n) is 5.82. The Kier molecular flexibility index (Phi) is 7.36. The highest BCUT2D eigenvalue weighted by Gasteiger charge is 2.06. The minimum atomic E-state index is -0.528. The molecule has 3 rings (SSSR count). The number of rotatable bonds is 8. The van der Waals surface area contributed by atoms with Gasteiger partial charge in [-0.15, -0.1) is 11.8 Å². The summed E-state index contributed by atoms with van der Waals surface area (Å²) < 4.78 is 5.53. The van der Waals surface area contributed by atoms with Gasteiger partial charge in [-0.05, 0) is 54.1 Å². The Bertz CT molecular complexity index is 1040. The summed E-state index contributed by atoms with van der Waals surface area (Å²) in [6.45, 7) is 0. The van der Waals surface area contributed by atoms with Gasteiger partial charge in [0.05, 0.1) is 16.9 Å². The molecule has 0 aliphatic carbocycles. The molecule has 1 heterocycles. The Morgan fingerprint density at radius 2 is 1.90 bits per heavy atom. The first-order chi connectivity index (χ1) is 14.5. The molecule has 8 nitrogen and oxygen atoms in total. The molecule has 0 atom stereocenters. The van der Waals surface area contributed by atoms with Crippen molar-refractivity contribution in [2.45, 2.75) is 4.90 Å². The van der Waals surface area contributed by atoms with Crippen LogP contribution in [0.4, 0.5) is 5.69 Å². The molecule has 0 saturated carbocycles. The number of halogens is 1. The number of hydrogen-bond donors (Lipinski definition) is 1. The maximum atomic E-state index is 11.9. The van der Waals surface area contributed by atoms with E-state index in [1.54, 1.807) is 36.4 Å². The Morgan fingerprint density at radius 1 is 1.17 bits per heavy atom. The second kappa shape index (κ2) is 10.4. The molecule has 1 N–H and O–H groups in total. The number of benzene rings is 2. The van der Waals surface area contributed by atoms with Crippen LogP contribution in [0.2, 0.25) is 5.02 Å². The molecule has 1 aromatic heterocycles. The number of amides is 1. The van der Waals surface area contributed by atoms with Crippen molar-refractivity contribution >= 4 is 41.2 Å². The molecular formula is C20H15ClN4O4S. The van der Waals surface area contributed by atoms with Crippen LogP contribution < -0.4 is 10.2 Å². The van der Waals surface area contributed by atoms with E-state index >= 15 is 0 Å². The predicted octanol–water partition coefficient (Wildman–Crippen LogP) is 4.68. The molecule has 0 bridgehead atoms. The smallest absolute Gasteiger partial charge is 0.287 e. The predicted molar refractivity (Wildman–Crippen MR) is 115 cm³/mol. The van der Waals surface area contributed by atoms with E-state index in [-0.39, 0.29) is 23.2 Å². The molecule has 2 aromatic carbocycles. The Morgan fingerprint density at radius 3 is 2.53 bits per heavy atom. The molecule has 10 heteroatoms. The Balaban J connectivity index is 1.46. The monoisotopic (exact) mass is 442 g/mol. The van der Waals surface area contributed by atoms with Gasteiger partial charge >= 0.3 is 0 Å². The number of pyridine rings is 1. The van der Waals surface area contributed by atoms with E-state index in [1.807, 2.05) is 12.1 Å². The number of carbonyl (C=O) groups excluding carboxylic acids is 1. The molecule has 0 fully saturated rings. The van der Waals surface area contributed by atoms with Crippen molar-refractivity contribution in [1.82, 2.24) is 10.4 Å². The van der Waals surface area contributed by atoms with Crippen molar-refractivity contribution in [1.29, 1.82) is 0 Å². The molecule has 0 aliphatic rings. The second-order valence-corrected chi connectivity index (χ2v) is 7.30. The summed E-state index contributed by atoms with van der Waals surface area (Å²) >= 11 is 7.21. The molecule has 30 heavy (non-hydrogen) atoms. The fourth-order valence-corrected chi connectivity index (χ4v) is 2.99. The summed E-state index contributed by atoms with van der Waals surface area (Å²) in [5.74, 6) is 0.758. The molecule has 0 spiro atoms. The van der Waals surface area contributed by atoms with Gasteiger partial charge in [-0.25, -0.2) is 10.4 Å². The van der Waals surface area contributed by atoms with Crippen LogP contribution in [0.1, 0.15) is 5.56 Å². The van der Waals surface area contributed by atoms with Crippen molar-refractivity contribution < 1.29 is 14.5 Å². The van der Waals surface area contributed by atoms with Crippen molar-refractivity contribution in [3.8, 4) is 11.6 Å². The number of nitro groups is 1. The lowest BCUT2D eigenvalue weighted by molar-refractivity contribution is -0.385. The summed E-state index contributed by atoms with van der Waals surface area (Å²) in [4.78, 5) is 26.8. The molecule has 1 amide bonds. The average molecular weight is 443 g/mol. The van der Waals surface area contributed by atoms with Gasteiger partial charge < -0.3 is 4.74 Å². The van der Waals surface area contributed by atoms with Gasteiger partial charge in [-0.1, -0.05) is 11.6 Å². The first-order valence-corrected chi connectivity index (χ1v) is 9.94. The van der Waals surface area contributed by atoms with E-state index in [1.165, 1.54) is 30.1 Å². The number of ether oxygens (including phenoxy) is 1. The van der Waals surface area contributed by atoms with E-state index in [2.05, 4.69) is 15.5 Å². The van der Waals surface area contributed by atoms with Crippen LogP contribution in [0.5, 0.6) is 11.6 Å². The van der Waals surface area contributed by atoms with Crippen LogP contribution in [0.25, 0.3) is 0 Å². The zero-order chi connectivity index (χ0) is 21.3. The number of thioether (sulfide) groups is 1. The van der Waals surface area contributed by atoms with Gasteiger partial charge in [0, 0.05) is 22.1 Å². The lowest BCUT2D eigenvalue weighted by Gasteiger charge is -2.04. The normalized spacial score (nSPS) is 10.7. The number of aromatic nitrogens is 1. The van der Waals surface area contributed by atoms with E-state index in [0.717, 1.165) is 16.7 Å². The minimum Gasteiger partial charge on any atom is -0.439 e. The summed E-state index contributed by atoms with van der Waals surface area (Å²) in [5.41, 5.74) is 3.11. The highest BCUT2D eigenvalue weighted by molar-refractivity contribution is 8.00. The quantitative estimate of drug-likeness (QED) is 0.235. The summed E-state index contributed by atoms with van der Waals surface area (Å²) in [6, 6.07) is 16.9. The van der Waals surface area contributed by atoms with E-state index in [9.17, 15) is 14.9 Å². The van der Waals surface area contributed by atoms with Crippen molar-refractivity contribution in [2.24, 2.45) is 5.10 Å². The third-order valence-electron chi connectivity index (χ3n) is 3.62. The van der Waals surface area contributed by atoms with E-state index in [0.29, 0.717) is 10.8 Å². The fraction of sp³-hybridized carbons (Fsp3) is 0.0500. The third-order valence-corrected chi connectivity index (χ3v) is 4.88. The van der Waals surface area contributed by atoms with Crippen molar-refractivity contribution in [3.63, 3.8) is 0 Å². The highest BCUT2D eigenvalue weighted by Crippen LogP contribution is 2.21. The van der Waals surface area contributed by atoms with Crippen LogP contribution in [0.3, 0.4) is 0 Å². The van der Waals surface area contributed by atoms with Crippen molar-refractivity contribution in [2.75, 3.05) is 5.75 Å². The first kappa shape index (κ1) is 21.3. The summed E-state index contributed by atoms with van der Waals surface area (Å²) in [5, 5.41) is 15.2. The lowest BCUT2D eigenvalue weighted by atomic mass is 10.2. The van der Waals surface area contributed by atoms with E-state index < -0.39 is 4.92 Å². The molecular weight excluding hydrogens is 428 g/mol. The van der Waals surface area contributed by atoms with Gasteiger partial charge in [-0.3, -0.25) is 14.9 Å². The Hall–Kier alpha value is -3.43. The molecule has 3 aromatic rings. The van der Waals surface area contributed by atoms with Crippen molar-refractivity contribution in [3.05, 3.63) is 87.6 Å². The summed E-state index contributed by atoms with van der Waals surface area (Å²) in [7, 11) is 0. The average Bonchev–Trinajstić information content (AvgIpc) is 2.75. The van der Waals surface area contributed by atoms with Gasteiger partial charge in [0.15, 0.2) is 0 Å². The van der Waals surface area contributed by atoms with Gasteiger partial charge in [0.1, 0.15) is 11.9 Å². The summed E-state index contributed by atoms with van der Waals surface area (Å²) in [6.07, 6.45) is 2.64. The van der Waals surface area contributed by atoms with E-state index in [4.69, 9.17) is 16.3 Å². The number of hydrogen-bond acceptors (Lipinski definition) is 7. The van der Waals surface area contributed by atoms with Gasteiger partial charge in [0.2, 0.25) is 11.8 Å². The molecule has 0 radical (unpaired) electrons. The SMILES string of the molecule is O=C(CSc1ccc(Cl)cc1)N/N=C\c1ccc(Oc2ccc([N+](=O)[O-])cn2)cc1. The first-order valence-electron chi connectivity index (χ1n) is 8.58. The number of nitrogens with zero attached hydrogens (tertiary/aromatic N) is 3. The number of carbonyl (C=O) groups is 1. The molecule has 152 valence electrons. The maximum Gasteiger partial charge on any atom is 0.287 e. The van der Waals surface area contributed by atoms with Crippen LogP contribution >= 0.6 is 23.4 Å². The standard InChI is InChI=1S/C20H15ClN4O4S/c21-15-3-8-18(9-4-15)30-13-19(26)24-23-11-14-1-6-17(7-2-14)29-20-10-5-16(12-22-20)25(27)28/h1-12H,13H2,(H,24,26)/b23-11-. The van der Waals surface area contributed by atoms with Crippen LogP contribution in [-0.2, 0) is 4.79 Å². The molecule has 0 saturated heterocycles. The topological polar surface area (TPSA) is 107 Å². The fourth-order valence-electron chi connectivity index (χ4n) is 2.17.